The summed E-state index contributed by atoms with van der Waals surface area (Å²) in [4.78, 5) is 2.52. The molecule has 2 aliphatic rings. The van der Waals surface area contributed by atoms with Gasteiger partial charge in [0, 0.05) is 26.2 Å². The van der Waals surface area contributed by atoms with E-state index < -0.39 is 0 Å². The van der Waals surface area contributed by atoms with Crippen molar-refractivity contribution in [3.8, 4) is 0 Å². The molecule has 4 nitrogen and oxygen atoms in total. The van der Waals surface area contributed by atoms with Gasteiger partial charge in [0.1, 0.15) is 5.69 Å². The van der Waals surface area contributed by atoms with Crippen LogP contribution in [0.1, 0.15) is 25.5 Å². The summed E-state index contributed by atoms with van der Waals surface area (Å²) in [6.07, 6.45) is 2.83. The number of anilines is 2. The summed E-state index contributed by atoms with van der Waals surface area (Å²) in [5, 5.41) is 8.09. The predicted molar refractivity (Wildman–Crippen MR) is 66.1 cm³/mol. The second kappa shape index (κ2) is 3.68. The van der Waals surface area contributed by atoms with E-state index in [2.05, 4.69) is 33.8 Å². The molecule has 2 heterocycles. The summed E-state index contributed by atoms with van der Waals surface area (Å²) in [6.45, 7) is 8.61. The summed E-state index contributed by atoms with van der Waals surface area (Å²) in [7, 11) is 0. The molecule has 0 atom stereocenters. The highest BCUT2D eigenvalue weighted by Crippen LogP contribution is 2.36. The van der Waals surface area contributed by atoms with Crippen molar-refractivity contribution in [1.82, 2.24) is 9.78 Å². The molecule has 1 aromatic heterocycles. The molecule has 0 amide bonds. The van der Waals surface area contributed by atoms with Crippen LogP contribution in [-0.4, -0.2) is 29.4 Å². The van der Waals surface area contributed by atoms with Crippen LogP contribution >= 0.6 is 0 Å². The molecule has 88 valence electrons. The molecule has 16 heavy (non-hydrogen) atoms. The summed E-state index contributed by atoms with van der Waals surface area (Å²) in [5.41, 5.74) is 2.39. The number of hydrogen-bond acceptors (Lipinski definition) is 3. The van der Waals surface area contributed by atoms with E-state index in [9.17, 15) is 0 Å². The Morgan fingerprint density at radius 2 is 2.25 bits per heavy atom. The first-order valence-electron chi connectivity index (χ1n) is 6.35. The molecule has 1 saturated carbocycles. The van der Waals surface area contributed by atoms with E-state index in [1.165, 1.54) is 30.9 Å². The number of nitrogens with zero attached hydrogens (tertiary/aromatic N) is 3. The zero-order chi connectivity index (χ0) is 11.1. The average molecular weight is 220 g/mol. The lowest BCUT2D eigenvalue weighted by atomic mass is 10.2. The fraction of sp³-hybridized carbons (Fsp3) is 0.750. The number of aryl methyl sites for hydroxylation is 2. The van der Waals surface area contributed by atoms with Gasteiger partial charge >= 0.3 is 0 Å². The average Bonchev–Trinajstić information content (AvgIpc) is 3.04. The first-order valence-corrected chi connectivity index (χ1v) is 6.35. The minimum Gasteiger partial charge on any atom is -0.379 e. The van der Waals surface area contributed by atoms with Crippen LogP contribution in [-0.2, 0) is 6.54 Å². The van der Waals surface area contributed by atoms with Crippen molar-refractivity contribution in [1.29, 1.82) is 0 Å². The summed E-state index contributed by atoms with van der Waals surface area (Å²) in [5.74, 6) is 2.25. The van der Waals surface area contributed by atoms with Gasteiger partial charge in [-0.2, -0.15) is 5.10 Å². The van der Waals surface area contributed by atoms with Crippen LogP contribution in [0.3, 0.4) is 0 Å². The zero-order valence-electron chi connectivity index (χ0n) is 10.2. The van der Waals surface area contributed by atoms with Crippen LogP contribution in [0, 0.1) is 12.8 Å². The van der Waals surface area contributed by atoms with E-state index in [-0.39, 0.29) is 0 Å². The van der Waals surface area contributed by atoms with Crippen molar-refractivity contribution >= 4 is 11.5 Å². The van der Waals surface area contributed by atoms with Crippen molar-refractivity contribution in [3.05, 3.63) is 5.69 Å². The van der Waals surface area contributed by atoms with Gasteiger partial charge in [-0.1, -0.05) is 0 Å². The van der Waals surface area contributed by atoms with Crippen LogP contribution in [0.5, 0.6) is 0 Å². The third-order valence-corrected chi connectivity index (χ3v) is 3.56. The molecule has 0 unspecified atom stereocenters. The van der Waals surface area contributed by atoms with Gasteiger partial charge in [-0.15, -0.1) is 0 Å². The monoisotopic (exact) mass is 220 g/mol. The smallest absolute Gasteiger partial charge is 0.150 e. The van der Waals surface area contributed by atoms with E-state index in [1.54, 1.807) is 0 Å². The highest BCUT2D eigenvalue weighted by molar-refractivity contribution is 5.71. The van der Waals surface area contributed by atoms with Crippen LogP contribution in [0.15, 0.2) is 0 Å². The van der Waals surface area contributed by atoms with E-state index in [0.717, 1.165) is 31.2 Å². The molecule has 3 rings (SSSR count). The van der Waals surface area contributed by atoms with Crippen molar-refractivity contribution in [2.24, 2.45) is 5.92 Å². The van der Waals surface area contributed by atoms with Crippen molar-refractivity contribution in [2.75, 3.05) is 29.9 Å². The molecule has 1 aliphatic carbocycles. The van der Waals surface area contributed by atoms with E-state index >= 15 is 0 Å². The van der Waals surface area contributed by atoms with Gasteiger partial charge in [0.2, 0.25) is 0 Å². The number of aromatic nitrogens is 2. The molecule has 0 radical (unpaired) electrons. The lowest BCUT2D eigenvalue weighted by Gasteiger charge is -2.30. The van der Waals surface area contributed by atoms with E-state index in [4.69, 9.17) is 0 Å². The summed E-state index contributed by atoms with van der Waals surface area (Å²) in [6, 6.07) is 0. The van der Waals surface area contributed by atoms with Gasteiger partial charge in [0.05, 0.1) is 5.69 Å². The minimum absolute atomic E-state index is 0.937. The van der Waals surface area contributed by atoms with Gasteiger partial charge in [-0.25, -0.2) is 4.68 Å². The van der Waals surface area contributed by atoms with Crippen molar-refractivity contribution in [3.63, 3.8) is 0 Å². The number of rotatable bonds is 3. The Kier molecular flexibility index (Phi) is 2.30. The quantitative estimate of drug-likeness (QED) is 0.844. The third-order valence-electron chi connectivity index (χ3n) is 3.56. The second-order valence-electron chi connectivity index (χ2n) is 4.92. The maximum Gasteiger partial charge on any atom is 0.150 e. The number of fused-ring (bicyclic) bond motifs is 1. The highest BCUT2D eigenvalue weighted by atomic mass is 15.4. The van der Waals surface area contributed by atoms with Gasteiger partial charge in [-0.3, -0.25) is 0 Å². The predicted octanol–water partition coefficient (Wildman–Crippen LogP) is 1.85. The Hall–Kier alpha value is -1.19. The molecule has 0 bridgehead atoms. The number of hydrogen-bond donors (Lipinski definition) is 1. The van der Waals surface area contributed by atoms with Crippen LogP contribution < -0.4 is 10.2 Å². The van der Waals surface area contributed by atoms with Gasteiger partial charge in [0.25, 0.3) is 0 Å². The van der Waals surface area contributed by atoms with Crippen LogP contribution in [0.2, 0.25) is 0 Å². The Morgan fingerprint density at radius 3 is 2.94 bits per heavy atom. The second-order valence-corrected chi connectivity index (χ2v) is 4.92. The molecule has 1 aromatic rings. The van der Waals surface area contributed by atoms with E-state index in [1.807, 2.05) is 0 Å². The summed E-state index contributed by atoms with van der Waals surface area (Å²) < 4.78 is 2.14. The highest BCUT2D eigenvalue weighted by Gasteiger charge is 2.29. The zero-order valence-corrected chi connectivity index (χ0v) is 10.2. The maximum absolute atomic E-state index is 4.60. The van der Waals surface area contributed by atoms with Crippen molar-refractivity contribution in [2.45, 2.75) is 33.2 Å². The minimum atomic E-state index is 0.937. The fourth-order valence-electron chi connectivity index (χ4n) is 2.53. The molecule has 4 heteroatoms. The summed E-state index contributed by atoms with van der Waals surface area (Å²) >= 11 is 0. The Labute approximate surface area is 96.6 Å². The van der Waals surface area contributed by atoms with Crippen molar-refractivity contribution < 1.29 is 0 Å². The number of nitrogens with one attached hydrogen (secondary N) is 1. The Morgan fingerprint density at radius 1 is 1.44 bits per heavy atom. The van der Waals surface area contributed by atoms with Crippen LogP contribution in [0.25, 0.3) is 0 Å². The topological polar surface area (TPSA) is 33.1 Å². The fourth-order valence-corrected chi connectivity index (χ4v) is 2.53. The van der Waals surface area contributed by atoms with Crippen LogP contribution in [0.4, 0.5) is 11.5 Å². The third kappa shape index (κ3) is 1.56. The first-order chi connectivity index (χ1) is 7.79. The lowest BCUT2D eigenvalue weighted by Crippen LogP contribution is -2.36. The molecule has 1 aliphatic heterocycles. The standard InChI is InChI=1S/C12H20N4/c1-3-16-12-11(9(2)14-16)13-6-7-15(12)8-10-4-5-10/h10,13H,3-8H2,1-2H3. The lowest BCUT2D eigenvalue weighted by molar-refractivity contribution is 0.615. The molecule has 0 spiro atoms. The molecule has 1 fully saturated rings. The first kappa shape index (κ1) is 10.00. The van der Waals surface area contributed by atoms with Gasteiger partial charge in [-0.05, 0) is 32.6 Å². The molecule has 0 saturated heterocycles. The normalized spacial score (nSPS) is 19.5. The molecule has 0 aromatic carbocycles. The van der Waals surface area contributed by atoms with Gasteiger partial charge in [0.15, 0.2) is 5.82 Å². The molecule has 1 N–H and O–H groups in total. The Bertz CT molecular complexity index is 392. The molecular weight excluding hydrogens is 200 g/mol. The Balaban J connectivity index is 1.94. The molecular formula is C12H20N4. The maximum atomic E-state index is 4.60. The largest absolute Gasteiger partial charge is 0.379 e. The van der Waals surface area contributed by atoms with E-state index in [0.29, 0.717) is 0 Å². The van der Waals surface area contributed by atoms with Gasteiger partial charge < -0.3 is 10.2 Å². The SMILES string of the molecule is CCn1nc(C)c2c1N(CC1CC1)CCN2.